The fraction of sp³-hybridized carbons (Fsp3) is 0.360. The Morgan fingerprint density at radius 2 is 1.98 bits per heavy atom. The largest absolute Gasteiger partial charge is 0.477 e. The molecule has 2 atom stereocenters. The summed E-state index contributed by atoms with van der Waals surface area (Å²) in [6, 6.07) is 0.612. The lowest BCUT2D eigenvalue weighted by Crippen LogP contribution is -2.71. The molecule has 20 heteroatoms. The molecule has 0 saturated carbocycles. The summed E-state index contributed by atoms with van der Waals surface area (Å²) >= 11 is 3.53. The van der Waals surface area contributed by atoms with Gasteiger partial charge in [0.1, 0.15) is 27.8 Å². The number of carboxylic acids is 1. The van der Waals surface area contributed by atoms with Crippen LogP contribution in [0.25, 0.3) is 5.78 Å². The minimum absolute atomic E-state index is 0.0397. The molecule has 6 N–H and O–H groups in total. The number of nitrogen functional groups attached to an aromatic ring is 1. The molecule has 3 amide bonds. The molecule has 0 aliphatic carbocycles. The molecule has 5 rings (SSSR count). The fourth-order valence-electron chi connectivity index (χ4n) is 4.15. The summed E-state index contributed by atoms with van der Waals surface area (Å²) in [4.78, 5) is 81.2. The third kappa shape index (κ3) is 6.33. The zero-order valence-corrected chi connectivity index (χ0v) is 26.6. The Kier molecular flexibility index (Phi) is 8.55. The first-order valence-corrected chi connectivity index (χ1v) is 16.0. The first-order chi connectivity index (χ1) is 21.1. The van der Waals surface area contributed by atoms with Crippen LogP contribution in [-0.4, -0.2) is 92.9 Å². The van der Waals surface area contributed by atoms with E-state index in [4.69, 9.17) is 16.3 Å². The second-order valence-electron chi connectivity index (χ2n) is 10.8. The van der Waals surface area contributed by atoms with Gasteiger partial charge in [-0.2, -0.15) is 9.50 Å². The quantitative estimate of drug-likeness (QED) is 0.0599. The van der Waals surface area contributed by atoms with Crippen molar-refractivity contribution in [1.82, 2.24) is 34.8 Å². The topological polar surface area (TPSA) is 250 Å². The van der Waals surface area contributed by atoms with E-state index in [1.807, 2.05) is 0 Å². The van der Waals surface area contributed by atoms with Crippen LogP contribution in [0.2, 0.25) is 0 Å². The smallest absolute Gasteiger partial charge is 0.352 e. The van der Waals surface area contributed by atoms with Crippen LogP contribution in [0.15, 0.2) is 32.9 Å². The summed E-state index contributed by atoms with van der Waals surface area (Å²) in [5.41, 5.74) is 10.6. The third-order valence-electron chi connectivity index (χ3n) is 6.37. The van der Waals surface area contributed by atoms with E-state index >= 15 is 0 Å². The fourth-order valence-corrected chi connectivity index (χ4v) is 7.23. The van der Waals surface area contributed by atoms with Gasteiger partial charge in [-0.25, -0.2) is 19.6 Å². The monoisotopic (exact) mass is 674 g/mol. The van der Waals surface area contributed by atoms with Crippen LogP contribution >= 0.6 is 34.9 Å². The van der Waals surface area contributed by atoms with Crippen molar-refractivity contribution in [2.24, 2.45) is 16.3 Å². The van der Waals surface area contributed by atoms with Crippen LogP contribution in [0.4, 0.5) is 5.13 Å². The van der Waals surface area contributed by atoms with E-state index in [1.165, 1.54) is 33.4 Å². The van der Waals surface area contributed by atoms with Crippen molar-refractivity contribution in [2.75, 3.05) is 17.2 Å². The number of β-lactam (4-membered cyclic amide) rings is 1. The molecule has 3 aromatic heterocycles. The number of thioether (sulfide) groups is 2. The molecule has 2 unspecified atom stereocenters. The van der Waals surface area contributed by atoms with Crippen molar-refractivity contribution < 1.29 is 33.9 Å². The molecule has 2 aliphatic rings. The Balaban J connectivity index is 1.35. The number of nitrogens with one attached hydrogen (secondary N) is 1. The lowest BCUT2D eigenvalue weighted by atomic mass is 9.98. The van der Waals surface area contributed by atoms with Gasteiger partial charge in [0.2, 0.25) is 5.82 Å². The molecular weight excluding hydrogens is 649 g/mol. The Labute approximate surface area is 266 Å². The molecule has 5 heterocycles. The van der Waals surface area contributed by atoms with Crippen molar-refractivity contribution in [3.05, 3.63) is 39.9 Å². The molecule has 0 spiro atoms. The van der Waals surface area contributed by atoms with Gasteiger partial charge in [-0.15, -0.1) is 40.0 Å². The van der Waals surface area contributed by atoms with Crippen LogP contribution in [0, 0.1) is 12.3 Å². The van der Waals surface area contributed by atoms with Crippen molar-refractivity contribution in [2.45, 2.75) is 44.1 Å². The number of anilines is 1. The lowest BCUT2D eigenvalue weighted by molar-refractivity contribution is -0.153. The summed E-state index contributed by atoms with van der Waals surface area (Å²) in [7, 11) is 0. The number of carboxylic acid groups (broad SMARTS) is 1. The molecule has 1 saturated heterocycles. The van der Waals surface area contributed by atoms with E-state index in [0.29, 0.717) is 16.3 Å². The maximum Gasteiger partial charge on any atom is 0.352 e. The SMILES string of the molecule is Cc1cc(SCC2=C(C(=O)O)N3C(=O)C(NC(=O)/C(=N\OC(=O)C(C)(C)C)c4csc(N)n4)C3SC2)n2nc(C(N)=O)nc2n1. The number of amides is 3. The van der Waals surface area contributed by atoms with Gasteiger partial charge >= 0.3 is 11.9 Å². The highest BCUT2D eigenvalue weighted by molar-refractivity contribution is 8.01. The maximum atomic E-state index is 13.3. The van der Waals surface area contributed by atoms with Gasteiger partial charge in [0.15, 0.2) is 10.8 Å². The number of aromatic nitrogens is 5. The predicted molar refractivity (Wildman–Crippen MR) is 163 cm³/mol. The van der Waals surface area contributed by atoms with Gasteiger partial charge in [0, 0.05) is 22.6 Å². The number of carbonyl (C=O) groups excluding carboxylic acids is 4. The lowest BCUT2D eigenvalue weighted by Gasteiger charge is -2.49. The number of aliphatic carboxylic acids is 1. The number of nitrogens with two attached hydrogens (primary N) is 2. The zero-order chi connectivity index (χ0) is 32.8. The van der Waals surface area contributed by atoms with Gasteiger partial charge < -0.3 is 26.7 Å². The van der Waals surface area contributed by atoms with Gasteiger partial charge in [0.05, 0.1) is 5.41 Å². The Morgan fingerprint density at radius 1 is 1.24 bits per heavy atom. The molecule has 45 heavy (non-hydrogen) atoms. The Bertz CT molecular complexity index is 1830. The number of aryl methyl sites for hydroxylation is 1. The van der Waals surface area contributed by atoms with E-state index in [9.17, 15) is 29.1 Å². The second-order valence-corrected chi connectivity index (χ2v) is 13.8. The summed E-state index contributed by atoms with van der Waals surface area (Å²) in [6.45, 7) is 6.56. The van der Waals surface area contributed by atoms with E-state index in [0.717, 1.165) is 16.2 Å². The van der Waals surface area contributed by atoms with Crippen LogP contribution in [0.5, 0.6) is 0 Å². The standard InChI is InChI=1S/C25H26N10O7S3/c1-9-5-12(35-24(28-9)31-17(32-35)16(26)36)43-6-10-7-44-20-14(19(38)34(20)15(10)21(39)40)30-18(37)13(11-8-45-23(27)29-11)33-42-22(41)25(2,3)4/h5,8,14,20H,6-7H2,1-4H3,(H2,26,36)(H2,27,29)(H,30,37)(H,39,40)/b33-13-. The van der Waals surface area contributed by atoms with Crippen LogP contribution in [0.3, 0.4) is 0 Å². The average molecular weight is 675 g/mol. The number of hydrogen-bond donors (Lipinski definition) is 4. The van der Waals surface area contributed by atoms with Gasteiger partial charge in [-0.1, -0.05) is 5.16 Å². The van der Waals surface area contributed by atoms with Crippen LogP contribution in [-0.2, 0) is 24.0 Å². The van der Waals surface area contributed by atoms with Crippen LogP contribution in [0.1, 0.15) is 42.8 Å². The average Bonchev–Trinajstić information content (AvgIpc) is 3.59. The molecule has 2 aliphatic heterocycles. The molecule has 0 aromatic carbocycles. The Hall–Kier alpha value is -4.56. The van der Waals surface area contributed by atoms with Gasteiger partial charge in [-0.3, -0.25) is 19.3 Å². The number of nitrogens with zero attached hydrogens (tertiary/aromatic N) is 7. The number of primary amides is 1. The summed E-state index contributed by atoms with van der Waals surface area (Å²) < 4.78 is 1.34. The van der Waals surface area contributed by atoms with E-state index in [-0.39, 0.29) is 45.3 Å². The number of rotatable bonds is 9. The van der Waals surface area contributed by atoms with E-state index in [1.54, 1.807) is 33.8 Å². The maximum absolute atomic E-state index is 13.3. The first kappa shape index (κ1) is 31.9. The first-order valence-electron chi connectivity index (χ1n) is 13.0. The molecule has 1 fully saturated rings. The number of oxime groups is 1. The van der Waals surface area contributed by atoms with E-state index < -0.39 is 46.5 Å². The van der Waals surface area contributed by atoms with Crippen molar-refractivity contribution in [3.63, 3.8) is 0 Å². The van der Waals surface area contributed by atoms with Gasteiger partial charge in [-0.05, 0) is 39.3 Å². The molecule has 3 aromatic rings. The highest BCUT2D eigenvalue weighted by Crippen LogP contribution is 2.41. The number of hydrogen-bond acceptors (Lipinski definition) is 15. The van der Waals surface area contributed by atoms with Crippen LogP contribution < -0.4 is 16.8 Å². The highest BCUT2D eigenvalue weighted by Gasteiger charge is 2.54. The molecule has 0 bridgehead atoms. The zero-order valence-electron chi connectivity index (χ0n) is 24.1. The molecule has 17 nitrogen and oxygen atoms in total. The summed E-state index contributed by atoms with van der Waals surface area (Å²) in [6.07, 6.45) is 0. The predicted octanol–water partition coefficient (Wildman–Crippen LogP) is 0.395. The minimum Gasteiger partial charge on any atom is -0.477 e. The number of carbonyl (C=O) groups is 5. The number of thiazole rings is 1. The molecular formula is C25H26N10O7S3. The second kappa shape index (κ2) is 12.1. The Morgan fingerprint density at radius 3 is 2.60 bits per heavy atom. The highest BCUT2D eigenvalue weighted by atomic mass is 32.2. The third-order valence-corrected chi connectivity index (χ3v) is 9.46. The summed E-state index contributed by atoms with van der Waals surface area (Å²) in [5.74, 6) is -4.00. The van der Waals surface area contributed by atoms with Crippen molar-refractivity contribution >= 4 is 81.1 Å². The molecule has 236 valence electrons. The summed E-state index contributed by atoms with van der Waals surface area (Å²) in [5, 5.41) is 21.9. The number of fused-ring (bicyclic) bond motifs is 2. The minimum atomic E-state index is -1.31. The molecule has 0 radical (unpaired) electrons. The van der Waals surface area contributed by atoms with Crippen molar-refractivity contribution in [1.29, 1.82) is 0 Å². The van der Waals surface area contributed by atoms with E-state index in [2.05, 4.69) is 30.5 Å². The van der Waals surface area contributed by atoms with Crippen molar-refractivity contribution in [3.8, 4) is 0 Å². The van der Waals surface area contributed by atoms with Gasteiger partial charge in [0.25, 0.3) is 23.5 Å². The normalized spacial score (nSPS) is 18.4.